The third kappa shape index (κ3) is 4.99. The zero-order valence-electron chi connectivity index (χ0n) is 17.2. The third-order valence-corrected chi connectivity index (χ3v) is 5.02. The standard InChI is InChI=1S/C24H23FN2O4/c1-2-30-20(28)15-27(14-16-8-12-19(25)13-9-16)24(29)21-22(17-10-11-17)31-23(26-21)18-6-4-3-5-7-18/h3-9,12-13,17H,2,10-11,14-15H2,1H3. The van der Waals surface area contributed by atoms with Crippen molar-refractivity contribution in [2.24, 2.45) is 0 Å². The average Bonchev–Trinajstić information content (AvgIpc) is 3.53. The highest BCUT2D eigenvalue weighted by Crippen LogP contribution is 2.43. The van der Waals surface area contributed by atoms with Gasteiger partial charge in [0.1, 0.15) is 18.1 Å². The number of esters is 1. The summed E-state index contributed by atoms with van der Waals surface area (Å²) >= 11 is 0. The summed E-state index contributed by atoms with van der Waals surface area (Å²) in [5.41, 5.74) is 1.69. The fourth-order valence-corrected chi connectivity index (χ4v) is 3.33. The Balaban J connectivity index is 1.65. The molecule has 0 atom stereocenters. The highest BCUT2D eigenvalue weighted by molar-refractivity contribution is 5.96. The van der Waals surface area contributed by atoms with Crippen LogP contribution >= 0.6 is 0 Å². The van der Waals surface area contributed by atoms with E-state index in [1.807, 2.05) is 30.3 Å². The first-order valence-corrected chi connectivity index (χ1v) is 10.3. The number of hydrogen-bond acceptors (Lipinski definition) is 5. The van der Waals surface area contributed by atoms with Crippen molar-refractivity contribution in [3.63, 3.8) is 0 Å². The van der Waals surface area contributed by atoms with E-state index in [-0.39, 0.29) is 37.1 Å². The molecule has 0 unspecified atom stereocenters. The lowest BCUT2D eigenvalue weighted by Crippen LogP contribution is -2.36. The van der Waals surface area contributed by atoms with E-state index in [1.165, 1.54) is 17.0 Å². The molecule has 0 spiro atoms. The number of amides is 1. The highest BCUT2D eigenvalue weighted by Gasteiger charge is 2.36. The molecule has 7 heteroatoms. The van der Waals surface area contributed by atoms with Crippen LogP contribution in [0.2, 0.25) is 0 Å². The maximum Gasteiger partial charge on any atom is 0.325 e. The topological polar surface area (TPSA) is 72.6 Å². The summed E-state index contributed by atoms with van der Waals surface area (Å²) in [6, 6.07) is 15.2. The zero-order valence-corrected chi connectivity index (χ0v) is 17.2. The van der Waals surface area contributed by atoms with Crippen molar-refractivity contribution in [2.45, 2.75) is 32.2 Å². The van der Waals surface area contributed by atoms with Gasteiger partial charge < -0.3 is 14.1 Å². The summed E-state index contributed by atoms with van der Waals surface area (Å²) in [5, 5.41) is 0. The zero-order chi connectivity index (χ0) is 21.8. The largest absolute Gasteiger partial charge is 0.465 e. The van der Waals surface area contributed by atoms with E-state index in [0.29, 0.717) is 17.2 Å². The molecule has 1 amide bonds. The Morgan fingerprint density at radius 2 is 1.84 bits per heavy atom. The molecule has 2 aromatic carbocycles. The monoisotopic (exact) mass is 422 g/mol. The summed E-state index contributed by atoms with van der Waals surface area (Å²) < 4.78 is 24.3. The summed E-state index contributed by atoms with van der Waals surface area (Å²) in [6.07, 6.45) is 1.86. The Morgan fingerprint density at radius 3 is 2.48 bits per heavy atom. The van der Waals surface area contributed by atoms with Crippen LogP contribution in [0.5, 0.6) is 0 Å². The van der Waals surface area contributed by atoms with Crippen molar-refractivity contribution < 1.29 is 23.1 Å². The van der Waals surface area contributed by atoms with E-state index in [4.69, 9.17) is 9.15 Å². The number of aromatic nitrogens is 1. The molecule has 1 fully saturated rings. The van der Waals surface area contributed by atoms with Crippen LogP contribution in [0.25, 0.3) is 11.5 Å². The van der Waals surface area contributed by atoms with Gasteiger partial charge in [0.25, 0.3) is 5.91 Å². The predicted octanol–water partition coefficient (Wildman–Crippen LogP) is 4.56. The molecule has 6 nitrogen and oxygen atoms in total. The van der Waals surface area contributed by atoms with Crippen LogP contribution in [0.4, 0.5) is 4.39 Å². The molecule has 31 heavy (non-hydrogen) atoms. The molecule has 1 aliphatic carbocycles. The number of benzene rings is 2. The summed E-state index contributed by atoms with van der Waals surface area (Å²) in [6.45, 7) is 1.81. The van der Waals surface area contributed by atoms with Gasteiger partial charge in [0.2, 0.25) is 5.89 Å². The molecule has 0 aliphatic heterocycles. The van der Waals surface area contributed by atoms with Crippen LogP contribution in [0.1, 0.15) is 47.5 Å². The first-order valence-electron chi connectivity index (χ1n) is 10.3. The van der Waals surface area contributed by atoms with E-state index in [2.05, 4.69) is 4.98 Å². The quantitative estimate of drug-likeness (QED) is 0.498. The number of nitrogens with zero attached hydrogens (tertiary/aromatic N) is 2. The second kappa shape index (κ2) is 9.12. The predicted molar refractivity (Wildman–Crippen MR) is 112 cm³/mol. The molecule has 1 aromatic heterocycles. The molecule has 1 heterocycles. The van der Waals surface area contributed by atoms with Gasteiger partial charge >= 0.3 is 5.97 Å². The minimum absolute atomic E-state index is 0.121. The highest BCUT2D eigenvalue weighted by atomic mass is 19.1. The van der Waals surface area contributed by atoms with E-state index in [9.17, 15) is 14.0 Å². The van der Waals surface area contributed by atoms with Crippen LogP contribution in [-0.4, -0.2) is 34.9 Å². The first kappa shape index (κ1) is 20.8. The van der Waals surface area contributed by atoms with Gasteiger partial charge in [-0.15, -0.1) is 0 Å². The van der Waals surface area contributed by atoms with Gasteiger partial charge in [-0.25, -0.2) is 9.37 Å². The van der Waals surface area contributed by atoms with Gasteiger partial charge in [0, 0.05) is 18.0 Å². The Hall–Kier alpha value is -3.48. The van der Waals surface area contributed by atoms with Crippen molar-refractivity contribution in [3.05, 3.63) is 77.4 Å². The Kier molecular flexibility index (Phi) is 6.11. The van der Waals surface area contributed by atoms with E-state index >= 15 is 0 Å². The number of carbonyl (C=O) groups is 2. The molecule has 0 N–H and O–H groups in total. The second-order valence-electron chi connectivity index (χ2n) is 7.46. The van der Waals surface area contributed by atoms with Crippen LogP contribution < -0.4 is 0 Å². The Bertz CT molecular complexity index is 1060. The molecular weight excluding hydrogens is 399 g/mol. The van der Waals surface area contributed by atoms with E-state index < -0.39 is 11.9 Å². The molecule has 0 saturated heterocycles. The number of oxazole rings is 1. The van der Waals surface area contributed by atoms with Crippen molar-refractivity contribution in [2.75, 3.05) is 13.2 Å². The summed E-state index contributed by atoms with van der Waals surface area (Å²) in [4.78, 5) is 31.5. The molecule has 160 valence electrons. The molecule has 0 radical (unpaired) electrons. The van der Waals surface area contributed by atoms with Crippen molar-refractivity contribution in [3.8, 4) is 11.5 Å². The van der Waals surface area contributed by atoms with Crippen molar-refractivity contribution in [1.82, 2.24) is 9.88 Å². The number of hydrogen-bond donors (Lipinski definition) is 0. The second-order valence-corrected chi connectivity index (χ2v) is 7.46. The molecule has 0 bridgehead atoms. The van der Waals surface area contributed by atoms with Crippen molar-refractivity contribution in [1.29, 1.82) is 0 Å². The summed E-state index contributed by atoms with van der Waals surface area (Å²) in [7, 11) is 0. The van der Waals surface area contributed by atoms with Crippen molar-refractivity contribution >= 4 is 11.9 Å². The minimum Gasteiger partial charge on any atom is -0.465 e. The number of halogens is 1. The van der Waals surface area contributed by atoms with Gasteiger partial charge in [0.05, 0.1) is 6.61 Å². The number of carbonyl (C=O) groups excluding carboxylic acids is 2. The van der Waals surface area contributed by atoms with Gasteiger partial charge in [-0.2, -0.15) is 0 Å². The van der Waals surface area contributed by atoms with Gasteiger partial charge in [-0.05, 0) is 49.6 Å². The maximum absolute atomic E-state index is 13.5. The third-order valence-electron chi connectivity index (χ3n) is 5.02. The fraction of sp³-hybridized carbons (Fsp3) is 0.292. The molecule has 4 rings (SSSR count). The van der Waals surface area contributed by atoms with Crippen LogP contribution in [-0.2, 0) is 16.1 Å². The number of rotatable bonds is 8. The maximum atomic E-state index is 13.5. The van der Waals surface area contributed by atoms with Crippen LogP contribution in [0.15, 0.2) is 59.0 Å². The van der Waals surface area contributed by atoms with Crippen LogP contribution in [0.3, 0.4) is 0 Å². The normalized spacial score (nSPS) is 13.1. The lowest BCUT2D eigenvalue weighted by molar-refractivity contribution is -0.143. The van der Waals surface area contributed by atoms with Gasteiger partial charge in [-0.1, -0.05) is 30.3 Å². The Labute approximate surface area is 179 Å². The lowest BCUT2D eigenvalue weighted by atomic mass is 10.1. The van der Waals surface area contributed by atoms with Gasteiger partial charge in [0.15, 0.2) is 5.69 Å². The smallest absolute Gasteiger partial charge is 0.325 e. The summed E-state index contributed by atoms with van der Waals surface area (Å²) in [5.74, 6) is -0.213. The molecular formula is C24H23FN2O4. The SMILES string of the molecule is CCOC(=O)CN(Cc1ccc(F)cc1)C(=O)c1nc(-c2ccccc2)oc1C1CC1. The molecule has 1 saturated carbocycles. The van der Waals surface area contributed by atoms with E-state index in [1.54, 1.807) is 19.1 Å². The molecule has 1 aliphatic rings. The average molecular weight is 422 g/mol. The van der Waals surface area contributed by atoms with E-state index in [0.717, 1.165) is 18.4 Å². The van der Waals surface area contributed by atoms with Crippen LogP contribution in [0, 0.1) is 5.82 Å². The first-order chi connectivity index (χ1) is 15.0. The lowest BCUT2D eigenvalue weighted by Gasteiger charge is -2.21. The molecule has 3 aromatic rings. The Morgan fingerprint density at radius 1 is 1.13 bits per heavy atom. The fourth-order valence-electron chi connectivity index (χ4n) is 3.33. The number of ether oxygens (including phenoxy) is 1. The minimum atomic E-state index is -0.516. The van der Waals surface area contributed by atoms with Gasteiger partial charge in [-0.3, -0.25) is 9.59 Å².